The number of allylic oxidation sites excluding steroid dienone is 2. The normalized spacial score (nSPS) is 17.0. The van der Waals surface area contributed by atoms with Gasteiger partial charge in [0.1, 0.15) is 0 Å². The van der Waals surface area contributed by atoms with Crippen molar-refractivity contribution in [2.45, 2.75) is 12.5 Å². The fraction of sp³-hybridized carbons (Fsp3) is 0.118. The summed E-state index contributed by atoms with van der Waals surface area (Å²) in [4.78, 5) is 20.7. The van der Waals surface area contributed by atoms with E-state index in [0.717, 1.165) is 11.4 Å². The molecule has 0 aromatic carbocycles. The van der Waals surface area contributed by atoms with Gasteiger partial charge < -0.3 is 5.32 Å². The number of aromatic nitrogens is 2. The first-order valence-electron chi connectivity index (χ1n) is 6.81. The fourth-order valence-electron chi connectivity index (χ4n) is 2.17. The summed E-state index contributed by atoms with van der Waals surface area (Å²) in [7, 11) is 0. The number of hydrogen-bond donors (Lipinski definition) is 1. The molecule has 0 bridgehead atoms. The molecule has 1 aliphatic rings. The van der Waals surface area contributed by atoms with E-state index in [-0.39, 0.29) is 11.8 Å². The predicted octanol–water partition coefficient (Wildman–Crippen LogP) is 2.37. The number of dihydropyridines is 1. The van der Waals surface area contributed by atoms with E-state index in [9.17, 15) is 4.79 Å². The van der Waals surface area contributed by atoms with E-state index >= 15 is 0 Å². The number of ketones is 1. The molecule has 0 aliphatic carbocycles. The molecule has 0 amide bonds. The summed E-state index contributed by atoms with van der Waals surface area (Å²) in [5, 5.41) is 3.20. The highest BCUT2D eigenvalue weighted by molar-refractivity contribution is 5.99. The maximum atomic E-state index is 12.2. The molecule has 1 aliphatic heterocycles. The van der Waals surface area contributed by atoms with Crippen molar-refractivity contribution in [3.05, 3.63) is 84.1 Å². The Labute approximate surface area is 123 Å². The van der Waals surface area contributed by atoms with Crippen LogP contribution in [-0.2, 0) is 11.2 Å². The van der Waals surface area contributed by atoms with E-state index < -0.39 is 0 Å². The zero-order valence-electron chi connectivity index (χ0n) is 11.4. The monoisotopic (exact) mass is 277 g/mol. The van der Waals surface area contributed by atoms with Gasteiger partial charge in [0.05, 0.1) is 18.2 Å². The van der Waals surface area contributed by atoms with Gasteiger partial charge in [0, 0.05) is 29.9 Å². The van der Waals surface area contributed by atoms with Crippen LogP contribution in [0.1, 0.15) is 17.4 Å². The Balaban J connectivity index is 1.65. The molecule has 2 aromatic heterocycles. The van der Waals surface area contributed by atoms with Crippen LogP contribution in [0.25, 0.3) is 0 Å². The molecular formula is C17H15N3O. The quantitative estimate of drug-likeness (QED) is 0.932. The van der Waals surface area contributed by atoms with Crippen molar-refractivity contribution >= 4 is 5.78 Å². The molecule has 0 spiro atoms. The highest BCUT2D eigenvalue weighted by Crippen LogP contribution is 2.17. The lowest BCUT2D eigenvalue weighted by molar-refractivity contribution is -0.114. The second kappa shape index (κ2) is 6.13. The largest absolute Gasteiger partial charge is 0.379 e. The maximum absolute atomic E-state index is 12.2. The number of carbonyl (C=O) groups is 1. The Morgan fingerprint density at radius 3 is 2.52 bits per heavy atom. The lowest BCUT2D eigenvalue weighted by Gasteiger charge is -2.17. The standard InChI is InChI=1S/C17H15N3O/c21-17(11-14-5-1-3-9-18-14)13-7-8-16(20-12-13)15-6-2-4-10-19-15/h1-10,12,16,20H,11H2. The highest BCUT2D eigenvalue weighted by Gasteiger charge is 2.15. The minimum absolute atomic E-state index is 0.0117. The first-order valence-corrected chi connectivity index (χ1v) is 6.81. The minimum atomic E-state index is 0.0117. The third-order valence-corrected chi connectivity index (χ3v) is 3.28. The lowest BCUT2D eigenvalue weighted by Crippen LogP contribution is -2.20. The van der Waals surface area contributed by atoms with Crippen molar-refractivity contribution in [2.24, 2.45) is 0 Å². The topological polar surface area (TPSA) is 54.9 Å². The van der Waals surface area contributed by atoms with Crippen LogP contribution in [0.15, 0.2) is 72.7 Å². The van der Waals surface area contributed by atoms with Crippen molar-refractivity contribution in [1.29, 1.82) is 0 Å². The van der Waals surface area contributed by atoms with E-state index in [0.29, 0.717) is 12.0 Å². The predicted molar refractivity (Wildman–Crippen MR) is 80.3 cm³/mol. The summed E-state index contributed by atoms with van der Waals surface area (Å²) < 4.78 is 0. The summed E-state index contributed by atoms with van der Waals surface area (Å²) >= 11 is 0. The molecule has 1 atom stereocenters. The first kappa shape index (κ1) is 13.2. The second-order valence-electron chi connectivity index (χ2n) is 4.78. The molecular weight excluding hydrogens is 262 g/mol. The molecule has 4 nitrogen and oxygen atoms in total. The van der Waals surface area contributed by atoms with Gasteiger partial charge in [0.25, 0.3) is 0 Å². The van der Waals surface area contributed by atoms with Gasteiger partial charge in [-0.25, -0.2) is 0 Å². The number of pyridine rings is 2. The Kier molecular flexibility index (Phi) is 3.87. The number of nitrogens with one attached hydrogen (secondary N) is 1. The van der Waals surface area contributed by atoms with E-state index in [2.05, 4.69) is 15.3 Å². The molecule has 104 valence electrons. The van der Waals surface area contributed by atoms with Gasteiger partial charge in [-0.2, -0.15) is 0 Å². The Hall–Kier alpha value is -2.75. The van der Waals surface area contributed by atoms with Gasteiger partial charge in [0.2, 0.25) is 0 Å². The van der Waals surface area contributed by atoms with Crippen LogP contribution in [0.3, 0.4) is 0 Å². The SMILES string of the molecule is O=C(Cc1ccccn1)C1=CNC(c2ccccn2)C=C1. The molecule has 3 heterocycles. The van der Waals surface area contributed by atoms with Gasteiger partial charge in [-0.15, -0.1) is 0 Å². The summed E-state index contributed by atoms with van der Waals surface area (Å²) in [5.74, 6) is 0.0527. The molecule has 0 radical (unpaired) electrons. The lowest BCUT2D eigenvalue weighted by atomic mass is 10.0. The van der Waals surface area contributed by atoms with E-state index in [4.69, 9.17) is 0 Å². The van der Waals surface area contributed by atoms with Crippen molar-refractivity contribution in [2.75, 3.05) is 0 Å². The van der Waals surface area contributed by atoms with E-state index in [1.165, 1.54) is 0 Å². The summed E-state index contributed by atoms with van der Waals surface area (Å²) in [6, 6.07) is 11.4. The molecule has 3 rings (SSSR count). The molecule has 2 aromatic rings. The third kappa shape index (κ3) is 3.23. The number of nitrogens with zero attached hydrogens (tertiary/aromatic N) is 2. The van der Waals surface area contributed by atoms with Crippen molar-refractivity contribution in [3.63, 3.8) is 0 Å². The molecule has 1 N–H and O–H groups in total. The smallest absolute Gasteiger partial charge is 0.170 e. The molecule has 4 heteroatoms. The zero-order valence-corrected chi connectivity index (χ0v) is 11.4. The van der Waals surface area contributed by atoms with Crippen LogP contribution in [0.5, 0.6) is 0 Å². The van der Waals surface area contributed by atoms with Crippen LogP contribution in [-0.4, -0.2) is 15.8 Å². The third-order valence-electron chi connectivity index (χ3n) is 3.28. The van der Waals surface area contributed by atoms with Gasteiger partial charge >= 0.3 is 0 Å². The highest BCUT2D eigenvalue weighted by atomic mass is 16.1. The van der Waals surface area contributed by atoms with Gasteiger partial charge in [-0.05, 0) is 24.3 Å². The van der Waals surface area contributed by atoms with E-state index in [1.807, 2.05) is 48.6 Å². The van der Waals surface area contributed by atoms with Gasteiger partial charge in [-0.1, -0.05) is 24.3 Å². The van der Waals surface area contributed by atoms with Gasteiger partial charge in [-0.3, -0.25) is 14.8 Å². The summed E-state index contributed by atoms with van der Waals surface area (Å²) in [6.07, 6.45) is 9.33. The van der Waals surface area contributed by atoms with Crippen molar-refractivity contribution < 1.29 is 4.79 Å². The molecule has 0 saturated carbocycles. The minimum Gasteiger partial charge on any atom is -0.379 e. The van der Waals surface area contributed by atoms with E-state index in [1.54, 1.807) is 18.6 Å². The van der Waals surface area contributed by atoms with Crippen molar-refractivity contribution in [3.8, 4) is 0 Å². The fourth-order valence-corrected chi connectivity index (χ4v) is 2.17. The summed E-state index contributed by atoms with van der Waals surface area (Å²) in [6.45, 7) is 0. The number of Topliss-reactive ketones (excluding diaryl/α,β-unsaturated/α-hetero) is 1. The average molecular weight is 277 g/mol. The molecule has 21 heavy (non-hydrogen) atoms. The van der Waals surface area contributed by atoms with Crippen LogP contribution >= 0.6 is 0 Å². The number of rotatable bonds is 4. The summed E-state index contributed by atoms with van der Waals surface area (Å²) in [5.41, 5.74) is 2.37. The van der Waals surface area contributed by atoms with Crippen LogP contribution < -0.4 is 5.32 Å². The number of carbonyl (C=O) groups excluding carboxylic acids is 1. The van der Waals surface area contributed by atoms with Crippen LogP contribution in [0.4, 0.5) is 0 Å². The number of hydrogen-bond acceptors (Lipinski definition) is 4. The van der Waals surface area contributed by atoms with Crippen molar-refractivity contribution in [1.82, 2.24) is 15.3 Å². The van der Waals surface area contributed by atoms with Gasteiger partial charge in [0.15, 0.2) is 5.78 Å². The maximum Gasteiger partial charge on any atom is 0.170 e. The molecule has 0 saturated heterocycles. The first-order chi connectivity index (χ1) is 10.3. The zero-order chi connectivity index (χ0) is 14.5. The molecule has 0 fully saturated rings. The Bertz CT molecular complexity index is 678. The van der Waals surface area contributed by atoms with Crippen LogP contribution in [0.2, 0.25) is 0 Å². The Morgan fingerprint density at radius 1 is 1.10 bits per heavy atom. The van der Waals surface area contributed by atoms with Crippen LogP contribution in [0, 0.1) is 0 Å². The Morgan fingerprint density at radius 2 is 1.90 bits per heavy atom. The second-order valence-corrected chi connectivity index (χ2v) is 4.78. The average Bonchev–Trinajstić information content (AvgIpc) is 2.57. The molecule has 1 unspecified atom stereocenters.